The van der Waals surface area contributed by atoms with Crippen LogP contribution in [0.4, 0.5) is 0 Å². The molecule has 2 rings (SSSR count). The van der Waals surface area contributed by atoms with Crippen LogP contribution in [0.1, 0.15) is 23.1 Å². The Labute approximate surface area is 94.6 Å². The summed E-state index contributed by atoms with van der Waals surface area (Å²) >= 11 is 1.39. The van der Waals surface area contributed by atoms with Crippen molar-refractivity contribution in [2.24, 2.45) is 0 Å². The Morgan fingerprint density at radius 2 is 2.23 bits per heavy atom. The van der Waals surface area contributed by atoms with Crippen molar-refractivity contribution in [2.45, 2.75) is 23.9 Å². The van der Waals surface area contributed by atoms with Gasteiger partial charge in [-0.15, -0.1) is 0 Å². The number of hydrogen-bond donors (Lipinski definition) is 0. The summed E-state index contributed by atoms with van der Waals surface area (Å²) in [5.41, 5.74) is 6.09. The molecule has 13 heavy (non-hydrogen) atoms. The van der Waals surface area contributed by atoms with Crippen molar-refractivity contribution in [3.8, 4) is 0 Å². The van der Waals surface area contributed by atoms with E-state index >= 15 is 0 Å². The molecule has 1 aliphatic rings. The van der Waals surface area contributed by atoms with Crippen LogP contribution in [0.2, 0.25) is 4.18 Å². The molecule has 0 N–H and O–H groups in total. The van der Waals surface area contributed by atoms with Gasteiger partial charge in [0.25, 0.3) is 0 Å². The van der Waals surface area contributed by atoms with Crippen LogP contribution in [-0.2, 0) is 6.42 Å². The molecule has 2 radical (unpaired) electrons. The first-order valence-electron chi connectivity index (χ1n) is 4.79. The molecule has 64 valence electrons. The van der Waals surface area contributed by atoms with Crippen LogP contribution in [0.5, 0.6) is 0 Å². The maximum absolute atomic E-state index is 2.40. The zero-order valence-corrected chi connectivity index (χ0v) is 11.3. The van der Waals surface area contributed by atoms with Crippen molar-refractivity contribution >= 4 is 30.5 Å². The van der Waals surface area contributed by atoms with Crippen LogP contribution < -0.4 is 0 Å². The molecule has 0 nitrogen and oxygen atoms in total. The quantitative estimate of drug-likeness (QED) is 0.776. The first-order valence-corrected chi connectivity index (χ1v) is 7.12. The van der Waals surface area contributed by atoms with E-state index in [2.05, 4.69) is 31.2 Å². The van der Waals surface area contributed by atoms with E-state index in [-0.39, 0.29) is 0 Å². The van der Waals surface area contributed by atoms with Crippen molar-refractivity contribution in [1.29, 1.82) is 0 Å². The average molecular weight is 272 g/mol. The monoisotopic (exact) mass is 272 g/mol. The van der Waals surface area contributed by atoms with Gasteiger partial charge in [-0.3, -0.25) is 0 Å². The van der Waals surface area contributed by atoms with Crippen LogP contribution in [0.25, 0.3) is 6.08 Å². The van der Waals surface area contributed by atoms with Crippen molar-refractivity contribution in [3.63, 3.8) is 0 Å². The molecule has 0 aromatic heterocycles. The maximum atomic E-state index is 2.40. The van der Waals surface area contributed by atoms with Gasteiger partial charge in [0, 0.05) is 0 Å². The Kier molecular flexibility index (Phi) is 2.83. The third-order valence-electron chi connectivity index (χ3n) is 2.65. The Balaban J connectivity index is 2.32. The molecule has 0 amide bonds. The molecule has 0 fully saturated rings. The molecule has 0 unspecified atom stereocenters. The minimum absolute atomic E-state index is 1.21. The molecule has 1 aliphatic carbocycles. The van der Waals surface area contributed by atoms with Crippen molar-refractivity contribution in [3.05, 3.63) is 40.5 Å². The van der Waals surface area contributed by atoms with Crippen LogP contribution >= 0.6 is 0 Å². The molecular weight excluding hydrogens is 259 g/mol. The number of fused-ring (bicyclic) bond motifs is 1. The summed E-state index contributed by atoms with van der Waals surface area (Å²) in [6.07, 6.45) is 4.93. The fourth-order valence-corrected chi connectivity index (χ4v) is 3.01. The van der Waals surface area contributed by atoms with Gasteiger partial charge in [-0.25, -0.2) is 0 Å². The van der Waals surface area contributed by atoms with E-state index in [1.54, 1.807) is 5.57 Å². The summed E-state index contributed by atoms with van der Waals surface area (Å²) in [6.45, 7) is 2.21. The van der Waals surface area contributed by atoms with Crippen LogP contribution in [0.3, 0.4) is 0 Å². The van der Waals surface area contributed by atoms with Crippen LogP contribution in [-0.4, -0.2) is 24.4 Å². The number of aryl methyl sites for hydroxylation is 1. The van der Waals surface area contributed by atoms with Crippen molar-refractivity contribution in [1.82, 2.24) is 0 Å². The Morgan fingerprint density at radius 1 is 1.38 bits per heavy atom. The Hall–Kier alpha value is -0.170. The Bertz CT molecular complexity index is 350. The van der Waals surface area contributed by atoms with Gasteiger partial charge in [0.15, 0.2) is 0 Å². The van der Waals surface area contributed by atoms with Gasteiger partial charge in [-0.1, -0.05) is 0 Å². The zero-order valence-electron chi connectivity index (χ0n) is 8.01. The van der Waals surface area contributed by atoms with Gasteiger partial charge in [0.2, 0.25) is 0 Å². The molecule has 0 aliphatic heterocycles. The predicted octanol–water partition coefficient (Wildman–Crippen LogP) is 2.91. The molecule has 1 aromatic rings. The van der Waals surface area contributed by atoms with E-state index in [4.69, 9.17) is 0 Å². The molecule has 0 heterocycles. The fourth-order valence-electron chi connectivity index (χ4n) is 1.95. The summed E-state index contributed by atoms with van der Waals surface area (Å²) in [5.74, 6) is 0. The zero-order chi connectivity index (χ0) is 9.26. The van der Waals surface area contributed by atoms with Crippen LogP contribution in [0, 0.1) is 6.92 Å². The summed E-state index contributed by atoms with van der Waals surface area (Å²) < 4.78 is 1.39. The van der Waals surface area contributed by atoms with E-state index in [0.717, 1.165) is 0 Å². The number of benzene rings is 1. The predicted molar refractivity (Wildman–Crippen MR) is 58.0 cm³/mol. The van der Waals surface area contributed by atoms with E-state index in [1.807, 2.05) is 0 Å². The molecule has 0 saturated carbocycles. The molecule has 1 heteroatoms. The fraction of sp³-hybridized carbons (Fsp3) is 0.333. The summed E-state index contributed by atoms with van der Waals surface area (Å²) in [7, 11) is 0. The molecular formula is C12H13In. The number of rotatable bonds is 2. The van der Waals surface area contributed by atoms with Gasteiger partial charge in [-0.2, -0.15) is 0 Å². The number of allylic oxidation sites excluding steroid dienone is 1. The van der Waals surface area contributed by atoms with Gasteiger partial charge in [0.1, 0.15) is 0 Å². The minimum atomic E-state index is 1.21. The second kappa shape index (κ2) is 3.91. The third kappa shape index (κ3) is 1.85. The van der Waals surface area contributed by atoms with Gasteiger partial charge < -0.3 is 0 Å². The van der Waals surface area contributed by atoms with Gasteiger partial charge in [-0.05, 0) is 0 Å². The summed E-state index contributed by atoms with van der Waals surface area (Å²) in [6, 6.07) is 6.64. The third-order valence-corrected chi connectivity index (χ3v) is 3.47. The summed E-state index contributed by atoms with van der Waals surface area (Å²) in [5, 5.41) is 0. The van der Waals surface area contributed by atoms with Crippen molar-refractivity contribution < 1.29 is 0 Å². The number of hydrogen-bond acceptors (Lipinski definition) is 0. The van der Waals surface area contributed by atoms with E-state index in [0.29, 0.717) is 0 Å². The average Bonchev–Trinajstić information content (AvgIpc) is 2.49. The second-order valence-corrected chi connectivity index (χ2v) is 5.31. The van der Waals surface area contributed by atoms with Crippen LogP contribution in [0.15, 0.2) is 23.8 Å². The van der Waals surface area contributed by atoms with E-state index in [9.17, 15) is 0 Å². The molecule has 0 atom stereocenters. The molecule has 0 spiro atoms. The van der Waals surface area contributed by atoms with Crippen molar-refractivity contribution in [2.75, 3.05) is 0 Å². The standard InChI is InChI=1S/C12H13.In/c1-3-10-7-11-6-4-5-9(2)12(11)8-10;/h4-6,8H,1,3,7H2,2H3;. The van der Waals surface area contributed by atoms with E-state index in [1.165, 1.54) is 58.1 Å². The second-order valence-electron chi connectivity index (χ2n) is 3.67. The first-order chi connectivity index (χ1) is 6.31. The Morgan fingerprint density at radius 3 is 2.92 bits per heavy atom. The summed E-state index contributed by atoms with van der Waals surface area (Å²) in [4.78, 5) is 0. The first kappa shape index (κ1) is 9.39. The SMILES string of the molecule is Cc1cccc2c1C=C(C[CH2][In])C2. The molecule has 0 bridgehead atoms. The van der Waals surface area contributed by atoms with Gasteiger partial charge in [0.05, 0.1) is 0 Å². The normalized spacial score (nSPS) is 14.1. The van der Waals surface area contributed by atoms with E-state index < -0.39 is 0 Å². The topological polar surface area (TPSA) is 0 Å². The molecule has 0 saturated heterocycles. The molecule has 1 aromatic carbocycles. The van der Waals surface area contributed by atoms with Gasteiger partial charge >= 0.3 is 94.9 Å².